The van der Waals surface area contributed by atoms with Crippen molar-refractivity contribution in [3.05, 3.63) is 58.9 Å². The number of aromatic nitrogens is 2. The Hall–Kier alpha value is -2.58. The van der Waals surface area contributed by atoms with Gasteiger partial charge >= 0.3 is 6.18 Å². The Kier molecular flexibility index (Phi) is 6.91. The predicted octanol–water partition coefficient (Wildman–Crippen LogP) is 7.42. The fourth-order valence-corrected chi connectivity index (χ4v) is 4.93. The molecule has 4 rings (SSSR count). The smallest absolute Gasteiger partial charge is 0.418 e. The summed E-state index contributed by atoms with van der Waals surface area (Å²) in [6, 6.07) is 10.6. The average Bonchev–Trinajstić information content (AvgIpc) is 3.55. The quantitative estimate of drug-likeness (QED) is 0.232. The number of ether oxygens (including phenoxy) is 2. The van der Waals surface area contributed by atoms with Crippen LogP contribution in [0.15, 0.2) is 36.5 Å². The van der Waals surface area contributed by atoms with Crippen LogP contribution in [0.2, 0.25) is 25.7 Å². The highest BCUT2D eigenvalue weighted by atomic mass is 28.3. The van der Waals surface area contributed by atoms with Crippen LogP contribution in [0, 0.1) is 0 Å². The minimum absolute atomic E-state index is 0.0717. The second-order valence-electron chi connectivity index (χ2n) is 10.00. The first-order valence-electron chi connectivity index (χ1n) is 11.6. The van der Waals surface area contributed by atoms with Crippen LogP contribution in [0.1, 0.15) is 41.1 Å². The number of halogens is 3. The Labute approximate surface area is 199 Å². The summed E-state index contributed by atoms with van der Waals surface area (Å²) in [6.07, 6.45) is 1.95. The number of rotatable bonds is 9. The van der Waals surface area contributed by atoms with Crippen molar-refractivity contribution >= 4 is 31.1 Å². The van der Waals surface area contributed by atoms with Gasteiger partial charge < -0.3 is 14.0 Å². The zero-order valence-electron chi connectivity index (χ0n) is 20.1. The van der Waals surface area contributed by atoms with Crippen molar-refractivity contribution in [2.45, 2.75) is 57.4 Å². The standard InChI is InChI=1S/C26H31F3N2O2Si/c1-32-25-20(13-10-18-8-6-5-7-9-18)24-21(16-30-25)22(26(27,28)29)23(19-11-12-19)31(24)17-33-14-15-34(2,3)4/h5-10,13,16,19H,11-12,14-15,17H2,1-4H3/b13-10+. The highest BCUT2D eigenvalue weighted by Gasteiger charge is 2.44. The van der Waals surface area contributed by atoms with Gasteiger partial charge in [0.05, 0.1) is 23.8 Å². The molecular formula is C26H31F3N2O2Si. The number of hydrogen-bond donors (Lipinski definition) is 0. The molecule has 2 aromatic heterocycles. The second kappa shape index (κ2) is 9.58. The van der Waals surface area contributed by atoms with E-state index in [1.165, 1.54) is 13.3 Å². The highest BCUT2D eigenvalue weighted by molar-refractivity contribution is 6.76. The molecule has 0 amide bonds. The molecule has 2 heterocycles. The Bertz CT molecular complexity index is 1180. The fraction of sp³-hybridized carbons (Fsp3) is 0.423. The summed E-state index contributed by atoms with van der Waals surface area (Å²) in [5, 5.41) is 0.0942. The van der Waals surface area contributed by atoms with Crippen LogP contribution in [0.4, 0.5) is 13.2 Å². The number of alkyl halides is 3. The van der Waals surface area contributed by atoms with Crippen molar-refractivity contribution in [1.29, 1.82) is 0 Å². The molecule has 1 saturated carbocycles. The number of methoxy groups -OCH3 is 1. The lowest BCUT2D eigenvalue weighted by molar-refractivity contribution is -0.137. The monoisotopic (exact) mass is 488 g/mol. The fourth-order valence-electron chi connectivity index (χ4n) is 4.17. The van der Waals surface area contributed by atoms with Crippen LogP contribution in [0.3, 0.4) is 0 Å². The maximum atomic E-state index is 14.4. The van der Waals surface area contributed by atoms with E-state index in [0.29, 0.717) is 23.4 Å². The maximum absolute atomic E-state index is 14.4. The predicted molar refractivity (Wildman–Crippen MR) is 133 cm³/mol. The molecule has 0 radical (unpaired) electrons. The highest BCUT2D eigenvalue weighted by Crippen LogP contribution is 2.50. The molecule has 34 heavy (non-hydrogen) atoms. The Morgan fingerprint density at radius 3 is 2.41 bits per heavy atom. The first-order chi connectivity index (χ1) is 16.1. The number of fused-ring (bicyclic) bond motifs is 1. The Balaban J connectivity index is 1.88. The number of hydrogen-bond acceptors (Lipinski definition) is 3. The zero-order valence-corrected chi connectivity index (χ0v) is 21.1. The third kappa shape index (κ3) is 5.39. The van der Waals surface area contributed by atoms with Gasteiger partial charge in [-0.3, -0.25) is 0 Å². The van der Waals surface area contributed by atoms with Gasteiger partial charge in [0.25, 0.3) is 0 Å². The van der Waals surface area contributed by atoms with Gasteiger partial charge in [0.15, 0.2) is 0 Å². The zero-order chi connectivity index (χ0) is 24.5. The summed E-state index contributed by atoms with van der Waals surface area (Å²) in [4.78, 5) is 4.25. The number of benzene rings is 1. The largest absolute Gasteiger partial charge is 0.481 e. The molecule has 0 aliphatic heterocycles. The summed E-state index contributed by atoms with van der Waals surface area (Å²) in [5.41, 5.74) is 1.63. The van der Waals surface area contributed by atoms with Crippen molar-refractivity contribution in [2.24, 2.45) is 0 Å². The molecule has 1 fully saturated rings. The second-order valence-corrected chi connectivity index (χ2v) is 15.6. The SMILES string of the molecule is COc1ncc2c(C(F)(F)F)c(C3CC3)n(COCC[Si](C)(C)C)c2c1/C=C/c1ccccc1. The molecule has 0 spiro atoms. The summed E-state index contributed by atoms with van der Waals surface area (Å²) >= 11 is 0. The lowest BCUT2D eigenvalue weighted by Gasteiger charge is -2.18. The van der Waals surface area contributed by atoms with Gasteiger partial charge in [-0.1, -0.05) is 56.0 Å². The molecule has 182 valence electrons. The summed E-state index contributed by atoms with van der Waals surface area (Å²) in [6.45, 7) is 7.35. The van der Waals surface area contributed by atoms with E-state index >= 15 is 0 Å². The number of pyridine rings is 1. The van der Waals surface area contributed by atoms with E-state index in [9.17, 15) is 13.2 Å². The molecule has 0 unspecified atom stereocenters. The average molecular weight is 489 g/mol. The van der Waals surface area contributed by atoms with Gasteiger partial charge in [0, 0.05) is 32.0 Å². The molecule has 1 aromatic carbocycles. The van der Waals surface area contributed by atoms with E-state index in [1.807, 2.05) is 36.4 Å². The van der Waals surface area contributed by atoms with Gasteiger partial charge in [-0.05, 0) is 36.4 Å². The van der Waals surface area contributed by atoms with Crippen LogP contribution >= 0.6 is 0 Å². The summed E-state index contributed by atoms with van der Waals surface area (Å²) < 4.78 is 56.3. The van der Waals surface area contributed by atoms with E-state index in [1.54, 1.807) is 10.6 Å². The minimum atomic E-state index is -4.49. The van der Waals surface area contributed by atoms with E-state index < -0.39 is 19.8 Å². The van der Waals surface area contributed by atoms with Crippen LogP contribution in [-0.4, -0.2) is 31.3 Å². The van der Waals surface area contributed by atoms with E-state index in [2.05, 4.69) is 24.6 Å². The van der Waals surface area contributed by atoms with Gasteiger partial charge in [-0.15, -0.1) is 0 Å². The summed E-state index contributed by atoms with van der Waals surface area (Å²) in [7, 11) is 0.156. The van der Waals surface area contributed by atoms with E-state index in [4.69, 9.17) is 9.47 Å². The first-order valence-corrected chi connectivity index (χ1v) is 15.3. The maximum Gasteiger partial charge on any atom is 0.418 e. The van der Waals surface area contributed by atoms with Crippen LogP contribution in [0.5, 0.6) is 5.88 Å². The lowest BCUT2D eigenvalue weighted by Crippen LogP contribution is -2.22. The third-order valence-electron chi connectivity index (χ3n) is 6.04. The van der Waals surface area contributed by atoms with Gasteiger partial charge in [-0.25, -0.2) is 4.98 Å². The molecule has 0 bridgehead atoms. The van der Waals surface area contributed by atoms with Crippen molar-refractivity contribution in [3.63, 3.8) is 0 Å². The molecule has 1 aliphatic rings. The molecule has 0 N–H and O–H groups in total. The molecule has 4 nitrogen and oxygen atoms in total. The van der Waals surface area contributed by atoms with Gasteiger partial charge in [0.1, 0.15) is 6.73 Å². The lowest BCUT2D eigenvalue weighted by atomic mass is 10.1. The van der Waals surface area contributed by atoms with Crippen molar-refractivity contribution in [3.8, 4) is 5.88 Å². The van der Waals surface area contributed by atoms with Gasteiger partial charge in [-0.2, -0.15) is 13.2 Å². The number of nitrogens with zero attached hydrogens (tertiary/aromatic N) is 2. The van der Waals surface area contributed by atoms with Gasteiger partial charge in [0.2, 0.25) is 5.88 Å². The minimum Gasteiger partial charge on any atom is -0.481 e. The molecule has 0 saturated heterocycles. The third-order valence-corrected chi connectivity index (χ3v) is 7.74. The van der Waals surface area contributed by atoms with Crippen LogP contribution < -0.4 is 4.74 Å². The van der Waals surface area contributed by atoms with E-state index in [0.717, 1.165) is 24.4 Å². The Morgan fingerprint density at radius 1 is 1.12 bits per heavy atom. The van der Waals surface area contributed by atoms with Crippen molar-refractivity contribution in [2.75, 3.05) is 13.7 Å². The summed E-state index contributed by atoms with van der Waals surface area (Å²) in [5.74, 6) is 0.165. The van der Waals surface area contributed by atoms with Crippen molar-refractivity contribution in [1.82, 2.24) is 9.55 Å². The first kappa shape index (κ1) is 24.5. The van der Waals surface area contributed by atoms with Crippen LogP contribution in [0.25, 0.3) is 23.1 Å². The molecular weight excluding hydrogens is 457 g/mol. The normalized spacial score (nSPS) is 14.9. The molecule has 0 atom stereocenters. The van der Waals surface area contributed by atoms with Crippen molar-refractivity contribution < 1.29 is 22.6 Å². The van der Waals surface area contributed by atoms with E-state index in [-0.39, 0.29) is 23.9 Å². The topological polar surface area (TPSA) is 36.3 Å². The molecule has 1 aliphatic carbocycles. The molecule has 8 heteroatoms. The molecule has 3 aromatic rings. The van der Waals surface area contributed by atoms with Crippen LogP contribution in [-0.2, 0) is 17.6 Å². The Morgan fingerprint density at radius 2 is 1.82 bits per heavy atom.